The van der Waals surface area contributed by atoms with Gasteiger partial charge in [0.1, 0.15) is 0 Å². The summed E-state index contributed by atoms with van der Waals surface area (Å²) in [5, 5.41) is 5.29. The summed E-state index contributed by atoms with van der Waals surface area (Å²) in [7, 11) is 0. The molecular formula is C14H24Cl2N4O2. The van der Waals surface area contributed by atoms with E-state index < -0.39 is 6.04 Å². The zero-order valence-electron chi connectivity index (χ0n) is 12.9. The molecule has 1 unspecified atom stereocenters. The lowest BCUT2D eigenvalue weighted by atomic mass is 10.1. The second-order valence-electron chi connectivity index (χ2n) is 5.03. The molecular weight excluding hydrogens is 327 g/mol. The van der Waals surface area contributed by atoms with Crippen LogP contribution in [0.4, 0.5) is 0 Å². The van der Waals surface area contributed by atoms with Gasteiger partial charge in [-0.25, -0.2) is 0 Å². The highest BCUT2D eigenvalue weighted by molar-refractivity contribution is 5.87. The van der Waals surface area contributed by atoms with E-state index in [0.717, 1.165) is 5.69 Å². The average Bonchev–Trinajstić information content (AvgIpc) is 2.44. The Bertz CT molecular complexity index is 457. The summed E-state index contributed by atoms with van der Waals surface area (Å²) in [6, 6.07) is 4.69. The normalized spacial score (nSPS) is 12.4. The fourth-order valence-electron chi connectivity index (χ4n) is 1.59. The summed E-state index contributed by atoms with van der Waals surface area (Å²) in [4.78, 5) is 27.5. The molecule has 4 N–H and O–H groups in total. The van der Waals surface area contributed by atoms with Crippen LogP contribution in [-0.2, 0) is 9.59 Å². The fraction of sp³-hybridized carbons (Fsp3) is 0.500. The number of nitrogens with one attached hydrogen (secondary N) is 2. The van der Waals surface area contributed by atoms with Gasteiger partial charge in [-0.15, -0.1) is 24.8 Å². The summed E-state index contributed by atoms with van der Waals surface area (Å²) in [5.41, 5.74) is 6.45. The lowest BCUT2D eigenvalue weighted by molar-refractivity contribution is -0.127. The molecule has 0 spiro atoms. The van der Waals surface area contributed by atoms with E-state index in [-0.39, 0.29) is 55.1 Å². The summed E-state index contributed by atoms with van der Waals surface area (Å²) in [5.74, 6) is -0.557. The highest BCUT2D eigenvalue weighted by Crippen LogP contribution is 2.07. The van der Waals surface area contributed by atoms with E-state index in [2.05, 4.69) is 15.6 Å². The van der Waals surface area contributed by atoms with Crippen LogP contribution in [0.1, 0.15) is 32.5 Å². The van der Waals surface area contributed by atoms with Gasteiger partial charge in [-0.3, -0.25) is 14.6 Å². The van der Waals surface area contributed by atoms with Crippen LogP contribution in [-0.4, -0.2) is 29.4 Å². The standard InChI is InChI=1S/C14H22N4O2.2ClH/c1-9(2)13(15)14(20)17-8-12(19)18-10(3)11-6-4-5-7-16-11;;/h4-7,9-10,13H,8,15H2,1-3H3,(H,17,20)(H,18,19);2*1H/t10?,13-;;/m0../s1. The van der Waals surface area contributed by atoms with Gasteiger partial charge in [0.15, 0.2) is 0 Å². The van der Waals surface area contributed by atoms with Crippen molar-refractivity contribution in [1.82, 2.24) is 15.6 Å². The number of hydrogen-bond acceptors (Lipinski definition) is 4. The molecule has 0 fully saturated rings. The monoisotopic (exact) mass is 350 g/mol. The van der Waals surface area contributed by atoms with Crippen molar-refractivity contribution >= 4 is 36.6 Å². The maximum atomic E-state index is 11.7. The van der Waals surface area contributed by atoms with Gasteiger partial charge in [-0.1, -0.05) is 19.9 Å². The third-order valence-electron chi connectivity index (χ3n) is 2.95. The number of nitrogens with two attached hydrogens (primary N) is 1. The zero-order valence-corrected chi connectivity index (χ0v) is 14.5. The van der Waals surface area contributed by atoms with Crippen LogP contribution >= 0.6 is 24.8 Å². The molecule has 0 aromatic carbocycles. The van der Waals surface area contributed by atoms with Gasteiger partial charge in [-0.2, -0.15) is 0 Å². The second kappa shape index (κ2) is 11.2. The first-order chi connectivity index (χ1) is 9.41. The second-order valence-corrected chi connectivity index (χ2v) is 5.03. The number of pyridine rings is 1. The van der Waals surface area contributed by atoms with Crippen molar-refractivity contribution in [1.29, 1.82) is 0 Å². The highest BCUT2D eigenvalue weighted by atomic mass is 35.5. The first-order valence-electron chi connectivity index (χ1n) is 6.65. The molecule has 0 radical (unpaired) electrons. The minimum Gasteiger partial charge on any atom is -0.346 e. The molecule has 0 aliphatic heterocycles. The van der Waals surface area contributed by atoms with E-state index in [1.165, 1.54) is 0 Å². The van der Waals surface area contributed by atoms with Gasteiger partial charge in [0, 0.05) is 6.20 Å². The lowest BCUT2D eigenvalue weighted by Gasteiger charge is -2.16. The Balaban J connectivity index is 0. The topological polar surface area (TPSA) is 97.1 Å². The maximum Gasteiger partial charge on any atom is 0.239 e. The first kappa shape index (κ1) is 22.9. The maximum absolute atomic E-state index is 11.7. The van der Waals surface area contributed by atoms with Crippen LogP contribution in [0.5, 0.6) is 0 Å². The number of hydrogen-bond donors (Lipinski definition) is 3. The Hall–Kier alpha value is -1.37. The molecule has 22 heavy (non-hydrogen) atoms. The van der Waals surface area contributed by atoms with Crippen molar-refractivity contribution in [2.75, 3.05) is 6.54 Å². The molecule has 2 amide bonds. The summed E-state index contributed by atoms with van der Waals surface area (Å²) in [6.07, 6.45) is 1.67. The predicted molar refractivity (Wildman–Crippen MR) is 91.1 cm³/mol. The summed E-state index contributed by atoms with van der Waals surface area (Å²) >= 11 is 0. The summed E-state index contributed by atoms with van der Waals surface area (Å²) in [6.45, 7) is 5.46. The van der Waals surface area contributed by atoms with E-state index in [4.69, 9.17) is 5.73 Å². The Labute approximate surface area is 143 Å². The van der Waals surface area contributed by atoms with Crippen molar-refractivity contribution in [2.45, 2.75) is 32.9 Å². The number of aromatic nitrogens is 1. The van der Waals surface area contributed by atoms with E-state index in [1.54, 1.807) is 6.20 Å². The number of carbonyl (C=O) groups is 2. The van der Waals surface area contributed by atoms with Gasteiger partial charge in [0.25, 0.3) is 0 Å². The van der Waals surface area contributed by atoms with Crippen molar-refractivity contribution in [3.05, 3.63) is 30.1 Å². The minimum absolute atomic E-state index is 0. The largest absolute Gasteiger partial charge is 0.346 e. The molecule has 0 saturated carbocycles. The van der Waals surface area contributed by atoms with E-state index in [0.29, 0.717) is 0 Å². The van der Waals surface area contributed by atoms with Crippen LogP contribution in [0.25, 0.3) is 0 Å². The van der Waals surface area contributed by atoms with Crippen LogP contribution in [0.3, 0.4) is 0 Å². The Morgan fingerprint density at radius 2 is 1.86 bits per heavy atom. The van der Waals surface area contributed by atoms with Crippen molar-refractivity contribution in [3.63, 3.8) is 0 Å². The van der Waals surface area contributed by atoms with Crippen molar-refractivity contribution in [3.8, 4) is 0 Å². The molecule has 1 rings (SSSR count). The fourth-order valence-corrected chi connectivity index (χ4v) is 1.59. The Morgan fingerprint density at radius 1 is 1.23 bits per heavy atom. The smallest absolute Gasteiger partial charge is 0.239 e. The van der Waals surface area contributed by atoms with Crippen LogP contribution in [0, 0.1) is 5.92 Å². The molecule has 6 nitrogen and oxygen atoms in total. The molecule has 8 heteroatoms. The van der Waals surface area contributed by atoms with Crippen molar-refractivity contribution in [2.24, 2.45) is 11.7 Å². The third kappa shape index (κ3) is 7.59. The van der Waals surface area contributed by atoms with E-state index in [9.17, 15) is 9.59 Å². The molecule has 0 aliphatic carbocycles. The number of carbonyl (C=O) groups excluding carboxylic acids is 2. The van der Waals surface area contributed by atoms with Crippen molar-refractivity contribution < 1.29 is 9.59 Å². The third-order valence-corrected chi connectivity index (χ3v) is 2.95. The van der Waals surface area contributed by atoms with Gasteiger partial charge in [-0.05, 0) is 25.0 Å². The number of amides is 2. The number of rotatable bonds is 6. The predicted octanol–water partition coefficient (Wildman–Crippen LogP) is 1.20. The van der Waals surface area contributed by atoms with Crippen LogP contribution in [0.2, 0.25) is 0 Å². The highest BCUT2D eigenvalue weighted by Gasteiger charge is 2.18. The lowest BCUT2D eigenvalue weighted by Crippen LogP contribution is -2.47. The van der Waals surface area contributed by atoms with Gasteiger partial charge < -0.3 is 16.4 Å². The van der Waals surface area contributed by atoms with E-state index >= 15 is 0 Å². The Morgan fingerprint density at radius 3 is 2.36 bits per heavy atom. The molecule has 0 bridgehead atoms. The van der Waals surface area contributed by atoms with Gasteiger partial charge in [0.05, 0.1) is 24.3 Å². The SMILES string of the molecule is CC(NC(=O)CNC(=O)[C@@H](N)C(C)C)c1ccccn1.Cl.Cl. The Kier molecular flexibility index (Phi) is 11.7. The molecule has 1 heterocycles. The first-order valence-corrected chi connectivity index (χ1v) is 6.65. The number of nitrogens with zero attached hydrogens (tertiary/aromatic N) is 1. The molecule has 0 saturated heterocycles. The molecule has 0 aliphatic rings. The molecule has 1 aromatic heterocycles. The van der Waals surface area contributed by atoms with Gasteiger partial charge >= 0.3 is 0 Å². The van der Waals surface area contributed by atoms with Crippen LogP contribution < -0.4 is 16.4 Å². The quantitative estimate of drug-likeness (QED) is 0.717. The molecule has 1 aromatic rings. The number of halogens is 2. The molecule has 2 atom stereocenters. The zero-order chi connectivity index (χ0) is 15.1. The van der Waals surface area contributed by atoms with Gasteiger partial charge in [0.2, 0.25) is 11.8 Å². The minimum atomic E-state index is -0.601. The molecule has 126 valence electrons. The average molecular weight is 351 g/mol. The van der Waals surface area contributed by atoms with Crippen LogP contribution in [0.15, 0.2) is 24.4 Å². The van der Waals surface area contributed by atoms with E-state index in [1.807, 2.05) is 39.0 Å². The summed E-state index contributed by atoms with van der Waals surface area (Å²) < 4.78 is 0.